The normalized spacial score (nSPS) is 10.3. The Morgan fingerprint density at radius 2 is 2.16 bits per heavy atom. The molecule has 2 aromatic rings. The number of nitrogens with one attached hydrogen (secondary N) is 2. The monoisotopic (exact) mass is 258 g/mol. The molecule has 0 aliphatic carbocycles. The molecule has 2 rings (SSSR count). The number of aryl methyl sites for hydroxylation is 1. The van der Waals surface area contributed by atoms with E-state index in [0.717, 1.165) is 5.56 Å². The zero-order chi connectivity index (χ0) is 13.8. The lowest BCUT2D eigenvalue weighted by atomic mass is 10.1. The van der Waals surface area contributed by atoms with Crippen molar-refractivity contribution >= 4 is 11.6 Å². The Balaban J connectivity index is 2.00. The van der Waals surface area contributed by atoms with E-state index >= 15 is 0 Å². The van der Waals surface area contributed by atoms with Crippen LogP contribution < -0.4 is 10.2 Å². The molecule has 5 nitrogen and oxygen atoms in total. The molecule has 0 aliphatic rings. The average Bonchev–Trinajstić information content (AvgIpc) is 2.89. The second-order valence-electron chi connectivity index (χ2n) is 4.67. The lowest BCUT2D eigenvalue weighted by molar-refractivity contribution is 0.0946. The van der Waals surface area contributed by atoms with Crippen LogP contribution in [0.2, 0.25) is 0 Å². The van der Waals surface area contributed by atoms with Gasteiger partial charge in [-0.2, -0.15) is 5.10 Å². The van der Waals surface area contributed by atoms with Crippen LogP contribution in [0, 0.1) is 6.92 Å². The SMILES string of the molecule is Cc1cc(CNC(=O)c2ccn[nH]2)ccc1N(C)C. The van der Waals surface area contributed by atoms with E-state index in [1.54, 1.807) is 12.3 Å². The molecule has 100 valence electrons. The molecule has 0 bridgehead atoms. The van der Waals surface area contributed by atoms with Gasteiger partial charge in [0, 0.05) is 32.5 Å². The van der Waals surface area contributed by atoms with E-state index in [1.807, 2.05) is 20.2 Å². The van der Waals surface area contributed by atoms with Crippen molar-refractivity contribution in [2.45, 2.75) is 13.5 Å². The minimum Gasteiger partial charge on any atom is -0.377 e. The van der Waals surface area contributed by atoms with Gasteiger partial charge in [0.2, 0.25) is 0 Å². The van der Waals surface area contributed by atoms with Crippen LogP contribution in [0.5, 0.6) is 0 Å². The third-order valence-corrected chi connectivity index (χ3v) is 2.94. The van der Waals surface area contributed by atoms with Crippen LogP contribution in [0.4, 0.5) is 5.69 Å². The topological polar surface area (TPSA) is 61.0 Å². The molecule has 1 heterocycles. The summed E-state index contributed by atoms with van der Waals surface area (Å²) in [6.45, 7) is 2.57. The number of hydrogen-bond donors (Lipinski definition) is 2. The molecule has 0 saturated heterocycles. The van der Waals surface area contributed by atoms with E-state index in [0.29, 0.717) is 12.2 Å². The fourth-order valence-electron chi connectivity index (χ4n) is 1.99. The number of anilines is 1. The summed E-state index contributed by atoms with van der Waals surface area (Å²) in [5.74, 6) is -0.146. The first kappa shape index (κ1) is 13.1. The maximum Gasteiger partial charge on any atom is 0.269 e. The number of nitrogens with zero attached hydrogens (tertiary/aromatic N) is 2. The Morgan fingerprint density at radius 1 is 1.37 bits per heavy atom. The zero-order valence-corrected chi connectivity index (χ0v) is 11.4. The predicted molar refractivity (Wildman–Crippen MR) is 75.3 cm³/mol. The Bertz CT molecular complexity index is 561. The molecule has 0 aliphatic heterocycles. The van der Waals surface area contributed by atoms with Gasteiger partial charge in [-0.15, -0.1) is 0 Å². The number of aromatic nitrogens is 2. The Morgan fingerprint density at radius 3 is 2.74 bits per heavy atom. The van der Waals surface area contributed by atoms with Crippen LogP contribution in [-0.2, 0) is 6.54 Å². The lowest BCUT2D eigenvalue weighted by Crippen LogP contribution is -2.23. The van der Waals surface area contributed by atoms with Crippen molar-refractivity contribution in [3.8, 4) is 0 Å². The number of carbonyl (C=O) groups excluding carboxylic acids is 1. The van der Waals surface area contributed by atoms with Crippen molar-refractivity contribution in [1.29, 1.82) is 0 Å². The smallest absolute Gasteiger partial charge is 0.269 e. The molecule has 1 aromatic heterocycles. The molecule has 0 spiro atoms. The van der Waals surface area contributed by atoms with Gasteiger partial charge in [0.25, 0.3) is 5.91 Å². The highest BCUT2D eigenvalue weighted by atomic mass is 16.1. The summed E-state index contributed by atoms with van der Waals surface area (Å²) in [6.07, 6.45) is 1.56. The first-order valence-electron chi connectivity index (χ1n) is 6.12. The average molecular weight is 258 g/mol. The minimum absolute atomic E-state index is 0.146. The van der Waals surface area contributed by atoms with Crippen molar-refractivity contribution in [3.05, 3.63) is 47.3 Å². The molecule has 0 fully saturated rings. The quantitative estimate of drug-likeness (QED) is 0.877. The van der Waals surface area contributed by atoms with E-state index in [2.05, 4.69) is 39.5 Å². The van der Waals surface area contributed by atoms with E-state index in [-0.39, 0.29) is 5.91 Å². The van der Waals surface area contributed by atoms with Crippen LogP contribution in [-0.4, -0.2) is 30.2 Å². The molecule has 0 atom stereocenters. The third-order valence-electron chi connectivity index (χ3n) is 2.94. The number of amides is 1. The highest BCUT2D eigenvalue weighted by Crippen LogP contribution is 2.18. The molecular formula is C14H18N4O. The lowest BCUT2D eigenvalue weighted by Gasteiger charge is -2.16. The van der Waals surface area contributed by atoms with Gasteiger partial charge in [-0.1, -0.05) is 12.1 Å². The molecule has 5 heteroatoms. The van der Waals surface area contributed by atoms with Gasteiger partial charge >= 0.3 is 0 Å². The third kappa shape index (κ3) is 3.13. The molecule has 1 amide bonds. The second-order valence-corrected chi connectivity index (χ2v) is 4.67. The molecule has 0 radical (unpaired) electrons. The number of aromatic amines is 1. The van der Waals surface area contributed by atoms with Crippen molar-refractivity contribution in [3.63, 3.8) is 0 Å². The fraction of sp³-hybridized carbons (Fsp3) is 0.286. The van der Waals surface area contributed by atoms with Crippen LogP contribution in [0.15, 0.2) is 30.5 Å². The Kier molecular flexibility index (Phi) is 3.85. The summed E-state index contributed by atoms with van der Waals surface area (Å²) in [7, 11) is 4.03. The summed E-state index contributed by atoms with van der Waals surface area (Å²) in [6, 6.07) is 7.82. The Hall–Kier alpha value is -2.30. The molecule has 19 heavy (non-hydrogen) atoms. The van der Waals surface area contributed by atoms with E-state index < -0.39 is 0 Å². The van der Waals surface area contributed by atoms with Crippen molar-refractivity contribution in [2.24, 2.45) is 0 Å². The van der Waals surface area contributed by atoms with E-state index in [9.17, 15) is 4.79 Å². The number of benzene rings is 1. The molecule has 0 saturated carbocycles. The summed E-state index contributed by atoms with van der Waals surface area (Å²) < 4.78 is 0. The number of H-pyrrole nitrogens is 1. The number of hydrogen-bond acceptors (Lipinski definition) is 3. The van der Waals surface area contributed by atoms with Crippen LogP contribution >= 0.6 is 0 Å². The zero-order valence-electron chi connectivity index (χ0n) is 11.4. The highest BCUT2D eigenvalue weighted by Gasteiger charge is 2.07. The highest BCUT2D eigenvalue weighted by molar-refractivity contribution is 5.92. The summed E-state index contributed by atoms with van der Waals surface area (Å²) in [5.41, 5.74) is 3.93. The molecular weight excluding hydrogens is 240 g/mol. The number of carbonyl (C=O) groups is 1. The van der Waals surface area contributed by atoms with Crippen LogP contribution in [0.25, 0.3) is 0 Å². The van der Waals surface area contributed by atoms with Gasteiger partial charge in [-0.05, 0) is 30.2 Å². The first-order chi connectivity index (χ1) is 9.08. The summed E-state index contributed by atoms with van der Waals surface area (Å²) in [4.78, 5) is 13.8. The maximum absolute atomic E-state index is 11.7. The fourth-order valence-corrected chi connectivity index (χ4v) is 1.99. The largest absolute Gasteiger partial charge is 0.377 e. The first-order valence-corrected chi connectivity index (χ1v) is 6.12. The van der Waals surface area contributed by atoms with E-state index in [4.69, 9.17) is 0 Å². The van der Waals surface area contributed by atoms with Gasteiger partial charge in [-0.25, -0.2) is 0 Å². The summed E-state index contributed by atoms with van der Waals surface area (Å²) in [5, 5.41) is 9.25. The second kappa shape index (κ2) is 5.56. The van der Waals surface area contributed by atoms with Crippen LogP contribution in [0.3, 0.4) is 0 Å². The molecule has 2 N–H and O–H groups in total. The van der Waals surface area contributed by atoms with Gasteiger partial charge < -0.3 is 10.2 Å². The Labute approximate surface area is 112 Å². The summed E-state index contributed by atoms with van der Waals surface area (Å²) >= 11 is 0. The predicted octanol–water partition coefficient (Wildman–Crippen LogP) is 1.71. The number of rotatable bonds is 4. The van der Waals surface area contributed by atoms with Gasteiger partial charge in [0.05, 0.1) is 0 Å². The van der Waals surface area contributed by atoms with Crippen molar-refractivity contribution < 1.29 is 4.79 Å². The van der Waals surface area contributed by atoms with Crippen molar-refractivity contribution in [2.75, 3.05) is 19.0 Å². The van der Waals surface area contributed by atoms with Crippen LogP contribution in [0.1, 0.15) is 21.6 Å². The minimum atomic E-state index is -0.146. The standard InChI is InChI=1S/C14H18N4O/c1-10-8-11(4-5-13(10)18(2)3)9-15-14(19)12-6-7-16-17-12/h4-8H,9H2,1-3H3,(H,15,19)(H,16,17). The molecule has 0 unspecified atom stereocenters. The van der Waals surface area contributed by atoms with Crippen molar-refractivity contribution in [1.82, 2.24) is 15.5 Å². The van der Waals surface area contributed by atoms with Gasteiger partial charge in [-0.3, -0.25) is 9.89 Å². The van der Waals surface area contributed by atoms with Gasteiger partial charge in [0.1, 0.15) is 5.69 Å². The maximum atomic E-state index is 11.7. The molecule has 1 aromatic carbocycles. The van der Waals surface area contributed by atoms with E-state index in [1.165, 1.54) is 11.3 Å². The van der Waals surface area contributed by atoms with Gasteiger partial charge in [0.15, 0.2) is 0 Å².